The van der Waals surface area contributed by atoms with Gasteiger partial charge in [-0.3, -0.25) is 9.59 Å². The standard InChI is InChI=1S/C23H29N5O3/c1-14-6-5-7-17(20(14)31-4)23(30)28-11-9-19-18(13-28)22(24-3)26-21(25-19)16-8-10-27(12-16)15(2)29/h5-7,16H,8-13H2,1-4H3,(H,24,25,26)/t16-/m1/s1. The van der Waals surface area contributed by atoms with Gasteiger partial charge in [0.1, 0.15) is 17.4 Å². The average Bonchev–Trinajstić information content (AvgIpc) is 3.28. The van der Waals surface area contributed by atoms with Crippen molar-refractivity contribution in [3.8, 4) is 5.75 Å². The van der Waals surface area contributed by atoms with Crippen LogP contribution in [0.5, 0.6) is 5.75 Å². The first-order valence-corrected chi connectivity index (χ1v) is 10.7. The number of ether oxygens (including phenoxy) is 1. The summed E-state index contributed by atoms with van der Waals surface area (Å²) in [5.41, 5.74) is 3.45. The first-order valence-electron chi connectivity index (χ1n) is 10.7. The fourth-order valence-corrected chi connectivity index (χ4v) is 4.52. The quantitative estimate of drug-likeness (QED) is 0.812. The number of anilines is 1. The highest BCUT2D eigenvalue weighted by atomic mass is 16.5. The number of nitrogens with one attached hydrogen (secondary N) is 1. The highest BCUT2D eigenvalue weighted by Crippen LogP contribution is 2.31. The molecular weight excluding hydrogens is 394 g/mol. The maximum absolute atomic E-state index is 13.3. The lowest BCUT2D eigenvalue weighted by Crippen LogP contribution is -2.37. The minimum Gasteiger partial charge on any atom is -0.496 e. The number of para-hydroxylation sites is 1. The van der Waals surface area contributed by atoms with Crippen LogP contribution in [-0.4, -0.2) is 65.4 Å². The molecule has 1 atom stereocenters. The Morgan fingerprint density at radius 2 is 2.00 bits per heavy atom. The molecule has 1 saturated heterocycles. The second-order valence-electron chi connectivity index (χ2n) is 8.19. The Morgan fingerprint density at radius 1 is 1.19 bits per heavy atom. The van der Waals surface area contributed by atoms with E-state index in [2.05, 4.69) is 5.32 Å². The topological polar surface area (TPSA) is 87.7 Å². The number of likely N-dealkylation sites (tertiary alicyclic amines) is 1. The number of carbonyl (C=O) groups excluding carboxylic acids is 2. The summed E-state index contributed by atoms with van der Waals surface area (Å²) >= 11 is 0. The number of fused-ring (bicyclic) bond motifs is 1. The van der Waals surface area contributed by atoms with E-state index in [1.807, 2.05) is 42.0 Å². The maximum atomic E-state index is 13.3. The van der Waals surface area contributed by atoms with Gasteiger partial charge in [-0.15, -0.1) is 0 Å². The van der Waals surface area contributed by atoms with Crippen LogP contribution in [0.1, 0.15) is 52.3 Å². The van der Waals surface area contributed by atoms with E-state index in [9.17, 15) is 9.59 Å². The molecule has 0 aliphatic carbocycles. The summed E-state index contributed by atoms with van der Waals surface area (Å²) in [5, 5.41) is 3.19. The zero-order valence-corrected chi connectivity index (χ0v) is 18.6. The van der Waals surface area contributed by atoms with E-state index in [1.165, 1.54) is 0 Å². The third kappa shape index (κ3) is 3.94. The van der Waals surface area contributed by atoms with Crippen molar-refractivity contribution >= 4 is 17.6 Å². The van der Waals surface area contributed by atoms with Crippen LogP contribution in [0.25, 0.3) is 0 Å². The Kier molecular flexibility index (Phi) is 5.80. The number of hydrogen-bond acceptors (Lipinski definition) is 6. The fraction of sp³-hybridized carbons (Fsp3) is 0.478. The first-order chi connectivity index (χ1) is 14.9. The molecule has 2 amide bonds. The highest BCUT2D eigenvalue weighted by molar-refractivity contribution is 5.97. The molecule has 2 aliphatic heterocycles. The number of hydrogen-bond donors (Lipinski definition) is 1. The summed E-state index contributed by atoms with van der Waals surface area (Å²) in [6.45, 7) is 5.99. The molecule has 164 valence electrons. The van der Waals surface area contributed by atoms with Crippen molar-refractivity contribution in [3.05, 3.63) is 46.4 Å². The van der Waals surface area contributed by atoms with Gasteiger partial charge in [-0.1, -0.05) is 12.1 Å². The van der Waals surface area contributed by atoms with Crippen LogP contribution in [0, 0.1) is 6.92 Å². The molecule has 0 bridgehead atoms. The fourth-order valence-electron chi connectivity index (χ4n) is 4.52. The van der Waals surface area contributed by atoms with Crippen molar-refractivity contribution in [2.24, 2.45) is 0 Å². The second-order valence-corrected chi connectivity index (χ2v) is 8.19. The number of aromatic nitrogens is 2. The van der Waals surface area contributed by atoms with Crippen molar-refractivity contribution in [1.82, 2.24) is 19.8 Å². The summed E-state index contributed by atoms with van der Waals surface area (Å²) in [7, 11) is 3.43. The van der Waals surface area contributed by atoms with Crippen LogP contribution in [0.2, 0.25) is 0 Å². The van der Waals surface area contributed by atoms with Crippen LogP contribution in [0.3, 0.4) is 0 Å². The van der Waals surface area contributed by atoms with Crippen molar-refractivity contribution in [1.29, 1.82) is 0 Å². The molecule has 0 spiro atoms. The van der Waals surface area contributed by atoms with E-state index in [4.69, 9.17) is 14.7 Å². The van der Waals surface area contributed by atoms with Gasteiger partial charge in [-0.25, -0.2) is 9.97 Å². The van der Waals surface area contributed by atoms with E-state index >= 15 is 0 Å². The second kappa shape index (κ2) is 8.53. The lowest BCUT2D eigenvalue weighted by atomic mass is 10.0. The largest absolute Gasteiger partial charge is 0.496 e. The molecule has 1 N–H and O–H groups in total. The number of methoxy groups -OCH3 is 1. The molecular formula is C23H29N5O3. The molecule has 0 unspecified atom stereocenters. The van der Waals surface area contributed by atoms with Gasteiger partial charge in [0.05, 0.1) is 24.9 Å². The van der Waals surface area contributed by atoms with Crippen molar-refractivity contribution in [2.75, 3.05) is 39.1 Å². The summed E-state index contributed by atoms with van der Waals surface area (Å²) in [4.78, 5) is 38.3. The lowest BCUT2D eigenvalue weighted by Gasteiger charge is -2.30. The molecule has 31 heavy (non-hydrogen) atoms. The Bertz CT molecular complexity index is 1010. The Morgan fingerprint density at radius 3 is 2.68 bits per heavy atom. The third-order valence-corrected chi connectivity index (χ3v) is 6.25. The monoisotopic (exact) mass is 423 g/mol. The van der Waals surface area contributed by atoms with E-state index in [0.717, 1.165) is 41.4 Å². The molecule has 0 radical (unpaired) electrons. The molecule has 1 fully saturated rings. The minimum atomic E-state index is -0.0507. The number of rotatable bonds is 4. The highest BCUT2D eigenvalue weighted by Gasteiger charge is 2.31. The molecule has 8 nitrogen and oxygen atoms in total. The van der Waals surface area contributed by atoms with Gasteiger partial charge in [-0.05, 0) is 25.0 Å². The summed E-state index contributed by atoms with van der Waals surface area (Å²) in [6, 6.07) is 5.62. The van der Waals surface area contributed by atoms with Crippen molar-refractivity contribution in [3.63, 3.8) is 0 Å². The molecule has 2 aliphatic rings. The molecule has 2 aromatic rings. The van der Waals surface area contributed by atoms with Gasteiger partial charge < -0.3 is 19.9 Å². The lowest BCUT2D eigenvalue weighted by molar-refractivity contribution is -0.127. The maximum Gasteiger partial charge on any atom is 0.257 e. The SMILES string of the molecule is CNc1nc([C@@H]2CCN(C(C)=O)C2)nc2c1CN(C(=O)c1cccc(C)c1OC)CC2. The number of nitrogens with zero attached hydrogens (tertiary/aromatic N) is 4. The zero-order valence-electron chi connectivity index (χ0n) is 18.6. The average molecular weight is 424 g/mol. The molecule has 8 heteroatoms. The van der Waals surface area contributed by atoms with Crippen LogP contribution < -0.4 is 10.1 Å². The van der Waals surface area contributed by atoms with E-state index < -0.39 is 0 Å². The van der Waals surface area contributed by atoms with Crippen LogP contribution in [0.15, 0.2) is 18.2 Å². The number of carbonyl (C=O) groups is 2. The van der Waals surface area contributed by atoms with Crippen LogP contribution >= 0.6 is 0 Å². The van der Waals surface area contributed by atoms with Crippen LogP contribution in [-0.2, 0) is 17.8 Å². The van der Waals surface area contributed by atoms with E-state index in [-0.39, 0.29) is 17.7 Å². The van der Waals surface area contributed by atoms with Gasteiger partial charge in [-0.2, -0.15) is 0 Å². The van der Waals surface area contributed by atoms with Crippen molar-refractivity contribution < 1.29 is 14.3 Å². The smallest absolute Gasteiger partial charge is 0.257 e. The Hall–Kier alpha value is -3.16. The molecule has 1 aromatic heterocycles. The molecule has 1 aromatic carbocycles. The normalized spacial score (nSPS) is 18.0. The number of aryl methyl sites for hydroxylation is 1. The van der Waals surface area contributed by atoms with E-state index in [1.54, 1.807) is 14.0 Å². The molecule has 3 heterocycles. The van der Waals surface area contributed by atoms with Gasteiger partial charge in [0.25, 0.3) is 5.91 Å². The predicted octanol–water partition coefficient (Wildman–Crippen LogP) is 2.37. The first kappa shape index (κ1) is 21.1. The van der Waals surface area contributed by atoms with Gasteiger partial charge in [0, 0.05) is 51.5 Å². The summed E-state index contributed by atoms with van der Waals surface area (Å²) in [5.74, 6) is 2.36. The summed E-state index contributed by atoms with van der Waals surface area (Å²) < 4.78 is 5.49. The Labute approximate surface area is 182 Å². The Balaban J connectivity index is 1.59. The number of benzene rings is 1. The zero-order chi connectivity index (χ0) is 22.1. The van der Waals surface area contributed by atoms with Crippen LogP contribution in [0.4, 0.5) is 5.82 Å². The van der Waals surface area contributed by atoms with Gasteiger partial charge >= 0.3 is 0 Å². The minimum absolute atomic E-state index is 0.0507. The molecule has 4 rings (SSSR count). The van der Waals surface area contributed by atoms with Gasteiger partial charge in [0.15, 0.2) is 0 Å². The summed E-state index contributed by atoms with van der Waals surface area (Å²) in [6.07, 6.45) is 1.54. The predicted molar refractivity (Wildman–Crippen MR) is 117 cm³/mol. The van der Waals surface area contributed by atoms with E-state index in [0.29, 0.717) is 37.4 Å². The number of amides is 2. The third-order valence-electron chi connectivity index (χ3n) is 6.25. The van der Waals surface area contributed by atoms with Gasteiger partial charge in [0.2, 0.25) is 5.91 Å². The van der Waals surface area contributed by atoms with Crippen molar-refractivity contribution in [2.45, 2.75) is 39.2 Å². The molecule has 0 saturated carbocycles.